The van der Waals surface area contributed by atoms with Crippen LogP contribution in [-0.4, -0.2) is 4.98 Å². The van der Waals surface area contributed by atoms with Gasteiger partial charge in [-0.05, 0) is 37.1 Å². The quantitative estimate of drug-likeness (QED) is 0.807. The number of benzene rings is 1. The Hall–Kier alpha value is -1.90. The van der Waals surface area contributed by atoms with Gasteiger partial charge in [-0.15, -0.1) is 0 Å². The fourth-order valence-corrected chi connectivity index (χ4v) is 1.58. The molecule has 2 aromatic rings. The molecule has 0 saturated heterocycles. The summed E-state index contributed by atoms with van der Waals surface area (Å²) < 4.78 is 19.0. The lowest BCUT2D eigenvalue weighted by molar-refractivity contribution is 0.287. The van der Waals surface area contributed by atoms with Crippen LogP contribution in [0.5, 0.6) is 5.88 Å². The number of hydrogen-bond acceptors (Lipinski definition) is 2. The first kappa shape index (κ1) is 11.6. The lowest BCUT2D eigenvalue weighted by Crippen LogP contribution is -2.02. The molecule has 0 atom stereocenters. The van der Waals surface area contributed by atoms with Crippen LogP contribution in [0.4, 0.5) is 4.39 Å². The lowest BCUT2D eigenvalue weighted by atomic mass is 10.1. The van der Waals surface area contributed by atoms with E-state index in [2.05, 4.69) is 4.98 Å². The van der Waals surface area contributed by atoms with Crippen LogP contribution in [0.1, 0.15) is 16.7 Å². The summed E-state index contributed by atoms with van der Waals surface area (Å²) in [6.07, 6.45) is 1.68. The second-order valence-corrected chi connectivity index (χ2v) is 4.00. The summed E-state index contributed by atoms with van der Waals surface area (Å²) >= 11 is 0. The highest BCUT2D eigenvalue weighted by atomic mass is 19.1. The molecule has 2 nitrogen and oxygen atoms in total. The summed E-state index contributed by atoms with van der Waals surface area (Å²) in [4.78, 5) is 4.07. The maximum atomic E-state index is 13.5. The minimum absolute atomic E-state index is 0.203. The van der Waals surface area contributed by atoms with Crippen LogP contribution in [0.15, 0.2) is 36.5 Å². The molecule has 0 bridgehead atoms. The normalized spacial score (nSPS) is 10.3. The molecule has 0 saturated carbocycles. The summed E-state index contributed by atoms with van der Waals surface area (Å²) in [6.45, 7) is 4.03. The minimum atomic E-state index is -0.238. The molecule has 0 fully saturated rings. The van der Waals surface area contributed by atoms with Gasteiger partial charge in [0.05, 0.1) is 0 Å². The highest BCUT2D eigenvalue weighted by molar-refractivity contribution is 5.27. The van der Waals surface area contributed by atoms with Crippen LogP contribution in [0.25, 0.3) is 0 Å². The van der Waals surface area contributed by atoms with E-state index in [-0.39, 0.29) is 12.4 Å². The van der Waals surface area contributed by atoms with Gasteiger partial charge in [0.1, 0.15) is 12.4 Å². The number of hydrogen-bond donors (Lipinski definition) is 0. The van der Waals surface area contributed by atoms with Crippen molar-refractivity contribution in [2.45, 2.75) is 20.5 Å². The average Bonchev–Trinajstić information content (AvgIpc) is 2.28. The van der Waals surface area contributed by atoms with Crippen LogP contribution >= 0.6 is 0 Å². The molecule has 0 spiro atoms. The van der Waals surface area contributed by atoms with Gasteiger partial charge in [-0.2, -0.15) is 0 Å². The summed E-state index contributed by atoms with van der Waals surface area (Å²) in [5, 5.41) is 0. The second kappa shape index (κ2) is 4.95. The third-order valence-electron chi connectivity index (χ3n) is 2.61. The largest absolute Gasteiger partial charge is 0.473 e. The van der Waals surface area contributed by atoms with Gasteiger partial charge in [0.15, 0.2) is 0 Å². The molecule has 0 radical (unpaired) electrons. The maximum Gasteiger partial charge on any atom is 0.213 e. The predicted molar refractivity (Wildman–Crippen MR) is 64.4 cm³/mol. The first-order valence-corrected chi connectivity index (χ1v) is 5.46. The molecule has 0 N–H and O–H groups in total. The summed E-state index contributed by atoms with van der Waals surface area (Å²) in [5.74, 6) is 0.283. The SMILES string of the molecule is Cc1ccnc(OCc2c(C)cccc2F)c1. The minimum Gasteiger partial charge on any atom is -0.473 e. The molecular formula is C14H14FNO. The first-order chi connectivity index (χ1) is 8.16. The molecule has 88 valence electrons. The molecule has 0 unspecified atom stereocenters. The molecule has 0 aliphatic heterocycles. The Morgan fingerprint density at radius 2 is 2.06 bits per heavy atom. The van der Waals surface area contributed by atoms with Gasteiger partial charge >= 0.3 is 0 Å². The molecule has 1 heterocycles. The smallest absolute Gasteiger partial charge is 0.213 e. The van der Waals surface area contributed by atoms with Crippen LogP contribution in [0.2, 0.25) is 0 Å². The van der Waals surface area contributed by atoms with Gasteiger partial charge in [-0.25, -0.2) is 9.37 Å². The van der Waals surface area contributed by atoms with Crippen molar-refractivity contribution < 1.29 is 9.13 Å². The van der Waals surface area contributed by atoms with E-state index >= 15 is 0 Å². The van der Waals surface area contributed by atoms with Crippen molar-refractivity contribution in [2.24, 2.45) is 0 Å². The van der Waals surface area contributed by atoms with Crippen molar-refractivity contribution in [3.63, 3.8) is 0 Å². The number of pyridine rings is 1. The maximum absolute atomic E-state index is 13.5. The first-order valence-electron chi connectivity index (χ1n) is 5.46. The fourth-order valence-electron chi connectivity index (χ4n) is 1.58. The molecule has 3 heteroatoms. The summed E-state index contributed by atoms with van der Waals surface area (Å²) in [6, 6.07) is 8.72. The number of nitrogens with zero attached hydrogens (tertiary/aromatic N) is 1. The van der Waals surface area contributed by atoms with E-state index in [4.69, 9.17) is 4.74 Å². The Kier molecular flexibility index (Phi) is 3.38. The van der Waals surface area contributed by atoms with E-state index in [0.29, 0.717) is 11.4 Å². The van der Waals surface area contributed by atoms with E-state index in [1.54, 1.807) is 12.3 Å². The van der Waals surface area contributed by atoms with Crippen molar-refractivity contribution in [2.75, 3.05) is 0 Å². The van der Waals surface area contributed by atoms with E-state index in [1.807, 2.05) is 32.0 Å². The number of rotatable bonds is 3. The van der Waals surface area contributed by atoms with Crippen LogP contribution in [0.3, 0.4) is 0 Å². The monoisotopic (exact) mass is 231 g/mol. The summed E-state index contributed by atoms with van der Waals surface area (Å²) in [7, 11) is 0. The Balaban J connectivity index is 2.13. The van der Waals surface area contributed by atoms with Crippen molar-refractivity contribution in [3.05, 3.63) is 59.0 Å². The standard InChI is InChI=1S/C14H14FNO/c1-10-6-7-16-14(8-10)17-9-12-11(2)4-3-5-13(12)15/h3-8H,9H2,1-2H3. The Morgan fingerprint density at radius 3 is 2.76 bits per heavy atom. The second-order valence-electron chi connectivity index (χ2n) is 4.00. The average molecular weight is 231 g/mol. The Labute approximate surface area is 100 Å². The van der Waals surface area contributed by atoms with Crippen LogP contribution < -0.4 is 4.74 Å². The van der Waals surface area contributed by atoms with Gasteiger partial charge in [0, 0.05) is 17.8 Å². The van der Waals surface area contributed by atoms with Crippen LogP contribution in [-0.2, 0) is 6.61 Å². The fraction of sp³-hybridized carbons (Fsp3) is 0.214. The summed E-state index contributed by atoms with van der Waals surface area (Å²) in [5.41, 5.74) is 2.54. The van der Waals surface area contributed by atoms with Gasteiger partial charge < -0.3 is 4.74 Å². The van der Waals surface area contributed by atoms with Crippen molar-refractivity contribution in [1.82, 2.24) is 4.98 Å². The van der Waals surface area contributed by atoms with E-state index in [0.717, 1.165) is 11.1 Å². The third kappa shape index (κ3) is 2.81. The highest BCUT2D eigenvalue weighted by Crippen LogP contribution is 2.16. The third-order valence-corrected chi connectivity index (χ3v) is 2.61. The molecular weight excluding hydrogens is 217 g/mol. The molecule has 17 heavy (non-hydrogen) atoms. The molecule has 0 amide bonds. The zero-order chi connectivity index (χ0) is 12.3. The van der Waals surface area contributed by atoms with E-state index < -0.39 is 0 Å². The lowest BCUT2D eigenvalue weighted by Gasteiger charge is -2.09. The molecule has 1 aromatic heterocycles. The van der Waals surface area contributed by atoms with Crippen LogP contribution in [0, 0.1) is 19.7 Å². The highest BCUT2D eigenvalue weighted by Gasteiger charge is 2.06. The number of ether oxygens (including phenoxy) is 1. The predicted octanol–water partition coefficient (Wildman–Crippen LogP) is 3.42. The zero-order valence-corrected chi connectivity index (χ0v) is 9.90. The topological polar surface area (TPSA) is 22.1 Å². The van der Waals surface area contributed by atoms with Crippen molar-refractivity contribution >= 4 is 0 Å². The zero-order valence-electron chi connectivity index (χ0n) is 9.90. The van der Waals surface area contributed by atoms with E-state index in [1.165, 1.54) is 6.07 Å². The van der Waals surface area contributed by atoms with Gasteiger partial charge in [0.2, 0.25) is 5.88 Å². The molecule has 0 aliphatic carbocycles. The Morgan fingerprint density at radius 1 is 1.24 bits per heavy atom. The molecule has 1 aromatic carbocycles. The van der Waals surface area contributed by atoms with Gasteiger partial charge in [-0.3, -0.25) is 0 Å². The number of aryl methyl sites for hydroxylation is 2. The molecule has 2 rings (SSSR count). The van der Waals surface area contributed by atoms with Gasteiger partial charge in [0.25, 0.3) is 0 Å². The number of aromatic nitrogens is 1. The molecule has 0 aliphatic rings. The Bertz CT molecular complexity index is 505. The van der Waals surface area contributed by atoms with E-state index in [9.17, 15) is 4.39 Å². The van der Waals surface area contributed by atoms with Crippen molar-refractivity contribution in [3.8, 4) is 5.88 Å². The van der Waals surface area contributed by atoms with Crippen molar-refractivity contribution in [1.29, 1.82) is 0 Å². The van der Waals surface area contributed by atoms with Gasteiger partial charge in [-0.1, -0.05) is 12.1 Å². The number of halogens is 1.